The summed E-state index contributed by atoms with van der Waals surface area (Å²) in [6, 6.07) is -0.199. The van der Waals surface area contributed by atoms with Gasteiger partial charge in [0.05, 0.1) is 0 Å². The lowest BCUT2D eigenvalue weighted by Gasteiger charge is -2.43. The van der Waals surface area contributed by atoms with Gasteiger partial charge in [-0.15, -0.1) is 0 Å². The molecule has 1 aliphatic heterocycles. The van der Waals surface area contributed by atoms with Crippen LogP contribution in [-0.4, -0.2) is 40.7 Å². The molecule has 0 spiro atoms. The van der Waals surface area contributed by atoms with E-state index in [4.69, 9.17) is 4.74 Å². The highest BCUT2D eigenvalue weighted by atomic mass is 16.6. The number of carbonyl (C=O) groups is 3. The number of hydrogen-bond donors (Lipinski definition) is 0. The summed E-state index contributed by atoms with van der Waals surface area (Å²) in [6.45, 7) is 8.23. The average molecular weight is 309 g/mol. The first kappa shape index (κ1) is 17.0. The average Bonchev–Trinajstić information content (AvgIpc) is 2.39. The Morgan fingerprint density at radius 2 is 1.91 bits per heavy atom. The van der Waals surface area contributed by atoms with Gasteiger partial charge in [0.15, 0.2) is 5.78 Å². The fourth-order valence-corrected chi connectivity index (χ4v) is 3.42. The van der Waals surface area contributed by atoms with E-state index in [1.54, 1.807) is 4.90 Å². The predicted molar refractivity (Wildman–Crippen MR) is 82.5 cm³/mol. The maximum atomic E-state index is 12.5. The summed E-state index contributed by atoms with van der Waals surface area (Å²) in [5.41, 5.74) is -0.558. The summed E-state index contributed by atoms with van der Waals surface area (Å²) in [5, 5.41) is 0. The lowest BCUT2D eigenvalue weighted by molar-refractivity contribution is -0.143. The van der Waals surface area contributed by atoms with Gasteiger partial charge in [0.2, 0.25) is 5.78 Å². The van der Waals surface area contributed by atoms with Crippen LogP contribution in [0.2, 0.25) is 0 Å². The van der Waals surface area contributed by atoms with Crippen molar-refractivity contribution >= 4 is 17.7 Å². The molecule has 3 unspecified atom stereocenters. The number of rotatable bonds is 1. The van der Waals surface area contributed by atoms with E-state index >= 15 is 0 Å². The fourth-order valence-electron chi connectivity index (χ4n) is 3.42. The molecular weight excluding hydrogens is 282 g/mol. The maximum absolute atomic E-state index is 12.5. The Morgan fingerprint density at radius 1 is 1.23 bits per heavy atom. The largest absolute Gasteiger partial charge is 0.444 e. The Morgan fingerprint density at radius 3 is 2.55 bits per heavy atom. The molecule has 22 heavy (non-hydrogen) atoms. The zero-order valence-corrected chi connectivity index (χ0v) is 14.1. The molecule has 2 fully saturated rings. The zero-order chi connectivity index (χ0) is 16.5. The molecule has 1 saturated carbocycles. The van der Waals surface area contributed by atoms with Crippen molar-refractivity contribution in [2.75, 3.05) is 6.54 Å². The number of carbonyl (C=O) groups excluding carboxylic acids is 3. The highest BCUT2D eigenvalue weighted by Crippen LogP contribution is 2.33. The van der Waals surface area contributed by atoms with Crippen LogP contribution in [0.5, 0.6) is 0 Å². The molecule has 2 rings (SSSR count). The number of likely N-dealkylation sites (tertiary alicyclic amines) is 1. The van der Waals surface area contributed by atoms with Gasteiger partial charge in [-0.25, -0.2) is 4.79 Å². The molecule has 1 heterocycles. The molecule has 3 atom stereocenters. The molecule has 0 aromatic heterocycles. The monoisotopic (exact) mass is 309 g/mol. The van der Waals surface area contributed by atoms with Crippen LogP contribution in [0, 0.1) is 11.8 Å². The molecule has 124 valence electrons. The van der Waals surface area contributed by atoms with Crippen LogP contribution < -0.4 is 0 Å². The third-order valence-corrected chi connectivity index (χ3v) is 4.53. The highest BCUT2D eigenvalue weighted by Gasteiger charge is 2.43. The minimum atomic E-state index is -0.558. The van der Waals surface area contributed by atoms with Gasteiger partial charge in [-0.1, -0.05) is 6.92 Å². The van der Waals surface area contributed by atoms with Crippen molar-refractivity contribution < 1.29 is 19.1 Å². The summed E-state index contributed by atoms with van der Waals surface area (Å²) < 4.78 is 5.49. The smallest absolute Gasteiger partial charge is 0.410 e. The van der Waals surface area contributed by atoms with Gasteiger partial charge in [-0.3, -0.25) is 9.59 Å². The van der Waals surface area contributed by atoms with Crippen LogP contribution in [0.1, 0.15) is 59.8 Å². The van der Waals surface area contributed by atoms with Gasteiger partial charge in [-0.05, 0) is 52.4 Å². The van der Waals surface area contributed by atoms with Crippen LogP contribution in [-0.2, 0) is 14.3 Å². The molecule has 5 nitrogen and oxygen atoms in total. The summed E-state index contributed by atoms with van der Waals surface area (Å²) >= 11 is 0. The summed E-state index contributed by atoms with van der Waals surface area (Å²) in [7, 11) is 0. The minimum absolute atomic E-state index is 0.199. The topological polar surface area (TPSA) is 63.7 Å². The second-order valence-electron chi connectivity index (χ2n) is 7.66. The molecule has 0 bridgehead atoms. The molecule has 1 amide bonds. The van der Waals surface area contributed by atoms with Crippen LogP contribution >= 0.6 is 0 Å². The van der Waals surface area contributed by atoms with Crippen molar-refractivity contribution in [2.45, 2.75) is 71.4 Å². The van der Waals surface area contributed by atoms with Gasteiger partial charge < -0.3 is 9.64 Å². The van der Waals surface area contributed by atoms with E-state index in [0.29, 0.717) is 25.3 Å². The quantitative estimate of drug-likeness (QED) is 0.699. The first-order chi connectivity index (χ1) is 10.2. The molecule has 0 radical (unpaired) electrons. The van der Waals surface area contributed by atoms with E-state index < -0.39 is 5.60 Å². The van der Waals surface area contributed by atoms with E-state index in [2.05, 4.69) is 6.92 Å². The molecule has 0 aromatic rings. The Balaban J connectivity index is 2.18. The summed E-state index contributed by atoms with van der Waals surface area (Å²) in [5.74, 6) is -0.470. The maximum Gasteiger partial charge on any atom is 0.410 e. The Bertz CT molecular complexity index is 466. The Kier molecular flexibility index (Phi) is 4.93. The lowest BCUT2D eigenvalue weighted by atomic mass is 9.76. The van der Waals surface area contributed by atoms with E-state index in [1.807, 2.05) is 20.8 Å². The van der Waals surface area contributed by atoms with Crippen molar-refractivity contribution in [2.24, 2.45) is 11.8 Å². The standard InChI is InChI=1S/C17H27NO4/c1-11-8-9-18(16(21)22-17(2,3)4)13(10-11)12-6-5-7-14(19)15(12)20/h11-13H,5-10H2,1-4H3. The first-order valence-corrected chi connectivity index (χ1v) is 8.25. The van der Waals surface area contributed by atoms with Crippen molar-refractivity contribution in [1.82, 2.24) is 4.90 Å². The summed E-state index contributed by atoms with van der Waals surface area (Å²) in [6.07, 6.45) is 3.09. The van der Waals surface area contributed by atoms with E-state index in [0.717, 1.165) is 19.3 Å². The number of hydrogen-bond acceptors (Lipinski definition) is 4. The van der Waals surface area contributed by atoms with Gasteiger partial charge in [-0.2, -0.15) is 0 Å². The van der Waals surface area contributed by atoms with Crippen LogP contribution in [0.25, 0.3) is 0 Å². The normalized spacial score (nSPS) is 30.4. The van der Waals surface area contributed by atoms with Crippen molar-refractivity contribution in [1.29, 1.82) is 0 Å². The molecule has 0 N–H and O–H groups in total. The van der Waals surface area contributed by atoms with Crippen LogP contribution in [0.15, 0.2) is 0 Å². The highest BCUT2D eigenvalue weighted by molar-refractivity contribution is 6.38. The van der Waals surface area contributed by atoms with Crippen molar-refractivity contribution in [3.63, 3.8) is 0 Å². The van der Waals surface area contributed by atoms with E-state index in [1.165, 1.54) is 0 Å². The number of nitrogens with zero attached hydrogens (tertiary/aromatic N) is 1. The number of ether oxygens (including phenoxy) is 1. The predicted octanol–water partition coefficient (Wildman–Crippen LogP) is 2.96. The molecule has 2 aliphatic rings. The molecule has 5 heteroatoms. The van der Waals surface area contributed by atoms with Gasteiger partial charge in [0, 0.05) is 24.9 Å². The number of piperidine rings is 1. The third kappa shape index (κ3) is 3.87. The number of ketones is 2. The third-order valence-electron chi connectivity index (χ3n) is 4.53. The van der Waals surface area contributed by atoms with Crippen molar-refractivity contribution in [3.8, 4) is 0 Å². The second kappa shape index (κ2) is 6.39. The molecule has 1 saturated heterocycles. The van der Waals surface area contributed by atoms with Gasteiger partial charge in [0.1, 0.15) is 5.60 Å². The molecule has 1 aliphatic carbocycles. The zero-order valence-electron chi connectivity index (χ0n) is 14.1. The molecular formula is C17H27NO4. The molecule has 0 aromatic carbocycles. The second-order valence-corrected chi connectivity index (χ2v) is 7.66. The van der Waals surface area contributed by atoms with Crippen LogP contribution in [0.4, 0.5) is 4.79 Å². The number of amides is 1. The first-order valence-electron chi connectivity index (χ1n) is 8.25. The fraction of sp³-hybridized carbons (Fsp3) is 0.824. The lowest BCUT2D eigenvalue weighted by Crippen LogP contribution is -2.54. The Labute approximate surface area is 132 Å². The summed E-state index contributed by atoms with van der Waals surface area (Å²) in [4.78, 5) is 38.2. The van der Waals surface area contributed by atoms with Crippen molar-refractivity contribution in [3.05, 3.63) is 0 Å². The van der Waals surface area contributed by atoms with Crippen LogP contribution in [0.3, 0.4) is 0 Å². The van der Waals surface area contributed by atoms with E-state index in [9.17, 15) is 14.4 Å². The van der Waals surface area contributed by atoms with E-state index in [-0.39, 0.29) is 29.6 Å². The Hall–Kier alpha value is -1.39. The number of Topliss-reactive ketones (excluding diaryl/α,β-unsaturated/α-hetero) is 2. The minimum Gasteiger partial charge on any atom is -0.444 e. The van der Waals surface area contributed by atoms with Gasteiger partial charge >= 0.3 is 6.09 Å². The van der Waals surface area contributed by atoms with Gasteiger partial charge in [0.25, 0.3) is 0 Å². The SMILES string of the molecule is CC1CCN(C(=O)OC(C)(C)C)C(C2CCCC(=O)C2=O)C1.